The fourth-order valence-electron chi connectivity index (χ4n) is 2.22. The lowest BCUT2D eigenvalue weighted by molar-refractivity contribution is -0.384. The Morgan fingerprint density at radius 1 is 1.04 bits per heavy atom. The van der Waals surface area contributed by atoms with Crippen molar-refractivity contribution in [3.63, 3.8) is 0 Å². The van der Waals surface area contributed by atoms with Crippen LogP contribution in [0.2, 0.25) is 0 Å². The number of benzene rings is 2. The molecule has 0 fully saturated rings. The monoisotopic (exact) mass is 375 g/mol. The van der Waals surface area contributed by atoms with Crippen LogP contribution in [-0.2, 0) is 9.59 Å². The number of rotatable bonds is 6. The van der Waals surface area contributed by atoms with E-state index >= 15 is 0 Å². The molecule has 10 heteroatoms. The van der Waals surface area contributed by atoms with Gasteiger partial charge in [0.1, 0.15) is 11.9 Å². The molecular formula is C17H17N3O7. The molecule has 2 atom stereocenters. The lowest BCUT2D eigenvalue weighted by Crippen LogP contribution is -2.46. The van der Waals surface area contributed by atoms with Gasteiger partial charge < -0.3 is 26.0 Å². The highest BCUT2D eigenvalue weighted by molar-refractivity contribution is 6.39. The number of carbonyl (C=O) groups is 2. The average molecular weight is 375 g/mol. The highest BCUT2D eigenvalue weighted by Gasteiger charge is 2.25. The molecule has 0 saturated carbocycles. The molecule has 2 aromatic carbocycles. The van der Waals surface area contributed by atoms with Crippen LogP contribution in [0.25, 0.3) is 0 Å². The zero-order valence-electron chi connectivity index (χ0n) is 13.9. The van der Waals surface area contributed by atoms with E-state index in [1.165, 1.54) is 48.5 Å². The van der Waals surface area contributed by atoms with Crippen LogP contribution in [0.3, 0.4) is 0 Å². The topological polar surface area (TPSA) is 162 Å². The molecule has 10 nitrogen and oxygen atoms in total. The first-order chi connectivity index (χ1) is 12.8. The number of aromatic hydroxyl groups is 1. The van der Waals surface area contributed by atoms with Gasteiger partial charge in [0, 0.05) is 17.8 Å². The number of amides is 2. The minimum Gasteiger partial charge on any atom is -0.508 e. The Balaban J connectivity index is 2.01. The van der Waals surface area contributed by atoms with Gasteiger partial charge in [-0.25, -0.2) is 0 Å². The maximum atomic E-state index is 12.0. The number of non-ortho nitro benzene ring substituents is 1. The number of phenolic OH excluding ortho intramolecular Hbond substituents is 1. The number of nitro benzene ring substituents is 1. The van der Waals surface area contributed by atoms with Gasteiger partial charge in [-0.05, 0) is 42.0 Å². The molecule has 0 radical (unpaired) electrons. The molecule has 0 aliphatic carbocycles. The van der Waals surface area contributed by atoms with Crippen molar-refractivity contribution in [1.82, 2.24) is 5.32 Å². The van der Waals surface area contributed by atoms with E-state index < -0.39 is 35.5 Å². The number of aliphatic hydroxyl groups is 2. The number of phenols is 1. The maximum absolute atomic E-state index is 12.0. The third-order valence-corrected chi connectivity index (χ3v) is 3.67. The lowest BCUT2D eigenvalue weighted by Gasteiger charge is -2.22. The molecule has 2 aromatic rings. The molecule has 0 bridgehead atoms. The van der Waals surface area contributed by atoms with Crippen LogP contribution in [-0.4, -0.2) is 44.7 Å². The summed E-state index contributed by atoms with van der Waals surface area (Å²) in [6, 6.07) is 9.13. The van der Waals surface area contributed by atoms with E-state index in [9.17, 15) is 35.0 Å². The van der Waals surface area contributed by atoms with Gasteiger partial charge in [-0.1, -0.05) is 0 Å². The minimum atomic E-state index is -1.39. The molecular weight excluding hydrogens is 358 g/mol. The van der Waals surface area contributed by atoms with Gasteiger partial charge in [-0.15, -0.1) is 0 Å². The largest absolute Gasteiger partial charge is 0.508 e. The number of anilines is 1. The van der Waals surface area contributed by atoms with E-state index in [1.54, 1.807) is 0 Å². The second-order valence-corrected chi connectivity index (χ2v) is 5.56. The Labute approximate surface area is 153 Å². The van der Waals surface area contributed by atoms with Gasteiger partial charge in [0.05, 0.1) is 17.6 Å². The molecule has 27 heavy (non-hydrogen) atoms. The van der Waals surface area contributed by atoms with Crippen molar-refractivity contribution in [2.45, 2.75) is 12.1 Å². The molecule has 2 amide bonds. The molecule has 0 spiro atoms. The molecule has 0 aliphatic rings. The highest BCUT2D eigenvalue weighted by atomic mass is 16.6. The predicted molar refractivity (Wildman–Crippen MR) is 93.8 cm³/mol. The van der Waals surface area contributed by atoms with Crippen LogP contribution in [0.5, 0.6) is 5.75 Å². The Morgan fingerprint density at radius 2 is 1.63 bits per heavy atom. The van der Waals surface area contributed by atoms with Crippen molar-refractivity contribution in [3.05, 3.63) is 64.2 Å². The van der Waals surface area contributed by atoms with Crippen LogP contribution in [0, 0.1) is 10.1 Å². The van der Waals surface area contributed by atoms with E-state index in [0.717, 1.165) is 0 Å². The Hall–Kier alpha value is -3.50. The van der Waals surface area contributed by atoms with Gasteiger partial charge in [-0.2, -0.15) is 0 Å². The van der Waals surface area contributed by atoms with Gasteiger partial charge >= 0.3 is 11.8 Å². The summed E-state index contributed by atoms with van der Waals surface area (Å²) in [5.74, 6) is -2.14. The van der Waals surface area contributed by atoms with E-state index in [2.05, 4.69) is 10.6 Å². The Bertz CT molecular complexity index is 821. The fraction of sp³-hybridized carbons (Fsp3) is 0.176. The van der Waals surface area contributed by atoms with Gasteiger partial charge in [0.25, 0.3) is 5.69 Å². The second-order valence-electron chi connectivity index (χ2n) is 5.56. The maximum Gasteiger partial charge on any atom is 0.313 e. The van der Waals surface area contributed by atoms with Gasteiger partial charge in [0.2, 0.25) is 0 Å². The molecule has 0 saturated heterocycles. The van der Waals surface area contributed by atoms with Crippen molar-refractivity contribution in [3.8, 4) is 5.75 Å². The minimum absolute atomic E-state index is 0.0102. The van der Waals surface area contributed by atoms with Crippen LogP contribution in [0.1, 0.15) is 11.7 Å². The number of hydrogen-bond acceptors (Lipinski definition) is 7. The first-order valence-electron chi connectivity index (χ1n) is 7.76. The third-order valence-electron chi connectivity index (χ3n) is 3.67. The molecule has 0 unspecified atom stereocenters. The van der Waals surface area contributed by atoms with Crippen LogP contribution < -0.4 is 10.6 Å². The zero-order chi connectivity index (χ0) is 20.0. The van der Waals surface area contributed by atoms with E-state index in [4.69, 9.17) is 0 Å². The average Bonchev–Trinajstić information content (AvgIpc) is 2.67. The first-order valence-corrected chi connectivity index (χ1v) is 7.76. The smallest absolute Gasteiger partial charge is 0.313 e. The number of nitrogens with one attached hydrogen (secondary N) is 2. The second kappa shape index (κ2) is 8.74. The lowest BCUT2D eigenvalue weighted by atomic mass is 10.0. The normalized spacial score (nSPS) is 12.7. The molecule has 142 valence electrons. The van der Waals surface area contributed by atoms with Crippen LogP contribution >= 0.6 is 0 Å². The Kier molecular flexibility index (Phi) is 6.41. The van der Waals surface area contributed by atoms with Crippen molar-refractivity contribution >= 4 is 23.2 Å². The number of aliphatic hydroxyl groups excluding tert-OH is 2. The fourth-order valence-corrected chi connectivity index (χ4v) is 2.22. The quantitative estimate of drug-likeness (QED) is 0.212. The predicted octanol–water partition coefficient (Wildman–Crippen LogP) is 0.450. The molecule has 5 N–H and O–H groups in total. The molecule has 0 aromatic heterocycles. The molecule has 2 rings (SSSR count). The van der Waals surface area contributed by atoms with Gasteiger partial charge in [-0.3, -0.25) is 19.7 Å². The Morgan fingerprint density at radius 3 is 2.15 bits per heavy atom. The summed E-state index contributed by atoms with van der Waals surface area (Å²) < 4.78 is 0. The molecule has 0 heterocycles. The zero-order valence-corrected chi connectivity index (χ0v) is 13.9. The summed E-state index contributed by atoms with van der Waals surface area (Å²) in [6.07, 6.45) is -1.39. The summed E-state index contributed by atoms with van der Waals surface area (Å²) in [6.45, 7) is -0.670. The standard InChI is InChI=1S/C17H17N3O7/c21-9-14(15(23)10-1-5-12(6-2-10)20(26)27)19-17(25)16(24)18-11-3-7-13(22)8-4-11/h1-8,14-15,21-23H,9H2,(H,18,24)(H,19,25)/t14-,15-/m0/s1. The van der Waals surface area contributed by atoms with Gasteiger partial charge in [0.15, 0.2) is 0 Å². The third kappa shape index (κ3) is 5.23. The van der Waals surface area contributed by atoms with Crippen molar-refractivity contribution in [2.75, 3.05) is 11.9 Å². The van der Waals surface area contributed by atoms with Crippen molar-refractivity contribution in [1.29, 1.82) is 0 Å². The van der Waals surface area contributed by atoms with Crippen LogP contribution in [0.15, 0.2) is 48.5 Å². The van der Waals surface area contributed by atoms with Crippen LogP contribution in [0.4, 0.5) is 11.4 Å². The SMILES string of the molecule is O=C(Nc1ccc(O)cc1)C(=O)N[C@@H](CO)[C@@H](O)c1ccc([N+](=O)[O-])cc1. The van der Waals surface area contributed by atoms with E-state index in [1.807, 2.05) is 0 Å². The van der Waals surface area contributed by atoms with E-state index in [-0.39, 0.29) is 22.7 Å². The molecule has 0 aliphatic heterocycles. The summed E-state index contributed by atoms with van der Waals surface area (Å²) in [5, 5.41) is 44.0. The summed E-state index contributed by atoms with van der Waals surface area (Å²) >= 11 is 0. The number of carbonyl (C=O) groups excluding carboxylic acids is 2. The summed E-state index contributed by atoms with van der Waals surface area (Å²) in [7, 11) is 0. The number of nitrogens with zero attached hydrogens (tertiary/aromatic N) is 1. The highest BCUT2D eigenvalue weighted by Crippen LogP contribution is 2.20. The van der Waals surface area contributed by atoms with E-state index in [0.29, 0.717) is 0 Å². The number of hydrogen-bond donors (Lipinski definition) is 5. The van der Waals surface area contributed by atoms with Crippen molar-refractivity contribution in [2.24, 2.45) is 0 Å². The number of nitro groups is 1. The van der Waals surface area contributed by atoms with Crippen molar-refractivity contribution < 1.29 is 29.8 Å². The first kappa shape index (κ1) is 19.8. The summed E-state index contributed by atoms with van der Waals surface area (Å²) in [4.78, 5) is 33.9. The summed E-state index contributed by atoms with van der Waals surface area (Å²) in [5.41, 5.74) is 0.312.